The van der Waals surface area contributed by atoms with Gasteiger partial charge in [-0.15, -0.1) is 0 Å². The molecule has 0 heterocycles. The molecule has 7 heteroatoms. The number of nitriles is 1. The summed E-state index contributed by atoms with van der Waals surface area (Å²) in [6, 6.07) is 8.58. The Morgan fingerprint density at radius 3 is 2.65 bits per heavy atom. The largest absolute Gasteiger partial charge is 0.465 e. The van der Waals surface area contributed by atoms with Gasteiger partial charge in [0.05, 0.1) is 11.6 Å². The van der Waals surface area contributed by atoms with Crippen LogP contribution in [0.1, 0.15) is 31.2 Å². The normalized spacial score (nSPS) is 20.1. The number of carboxylic acid groups (broad SMARTS) is 1. The van der Waals surface area contributed by atoms with E-state index >= 15 is 0 Å². The van der Waals surface area contributed by atoms with E-state index in [-0.39, 0.29) is 12.1 Å². The summed E-state index contributed by atoms with van der Waals surface area (Å²) in [5, 5.41) is 25.5. The van der Waals surface area contributed by atoms with Crippen LogP contribution in [0.15, 0.2) is 24.3 Å². The van der Waals surface area contributed by atoms with Crippen molar-refractivity contribution in [2.75, 3.05) is 11.9 Å². The highest BCUT2D eigenvalue weighted by atomic mass is 16.4. The Kier molecular flexibility index (Phi) is 5.80. The lowest BCUT2D eigenvalue weighted by Gasteiger charge is -2.29. The molecule has 0 saturated heterocycles. The summed E-state index contributed by atoms with van der Waals surface area (Å²) < 4.78 is 0. The molecular formula is C16H20N4O3. The number of anilines is 1. The first-order valence-corrected chi connectivity index (χ1v) is 7.61. The van der Waals surface area contributed by atoms with Crippen LogP contribution in [0.4, 0.5) is 15.3 Å². The molecule has 0 aliphatic heterocycles. The molecule has 122 valence electrons. The number of benzene rings is 1. The Balaban J connectivity index is 1.74. The molecule has 0 aromatic heterocycles. The predicted molar refractivity (Wildman–Crippen MR) is 85.1 cm³/mol. The molecule has 3 amide bonds. The Morgan fingerprint density at radius 2 is 2.00 bits per heavy atom. The molecule has 1 aliphatic carbocycles. The summed E-state index contributed by atoms with van der Waals surface area (Å²) in [5.41, 5.74) is 1.08. The van der Waals surface area contributed by atoms with E-state index in [1.165, 1.54) is 0 Å². The fourth-order valence-electron chi connectivity index (χ4n) is 2.76. The second-order valence-corrected chi connectivity index (χ2v) is 5.69. The summed E-state index contributed by atoms with van der Waals surface area (Å²) in [7, 11) is 0. The molecule has 1 aromatic carbocycles. The van der Waals surface area contributed by atoms with Gasteiger partial charge in [-0.25, -0.2) is 9.59 Å². The molecule has 1 aromatic rings. The number of hydrogen-bond donors (Lipinski definition) is 4. The first kappa shape index (κ1) is 16.6. The number of rotatable bonds is 4. The minimum atomic E-state index is -0.996. The average molecular weight is 316 g/mol. The van der Waals surface area contributed by atoms with Crippen LogP contribution in [-0.4, -0.2) is 29.8 Å². The molecule has 2 rings (SSSR count). The van der Waals surface area contributed by atoms with Crippen molar-refractivity contribution < 1.29 is 14.7 Å². The zero-order chi connectivity index (χ0) is 16.7. The number of amides is 3. The van der Waals surface area contributed by atoms with E-state index in [1.54, 1.807) is 24.3 Å². The van der Waals surface area contributed by atoms with Crippen molar-refractivity contribution in [2.45, 2.75) is 31.7 Å². The molecule has 4 N–H and O–H groups in total. The second-order valence-electron chi connectivity index (χ2n) is 5.69. The van der Waals surface area contributed by atoms with Gasteiger partial charge in [0, 0.05) is 18.3 Å². The highest BCUT2D eigenvalue weighted by molar-refractivity contribution is 5.89. The number of hydrogen-bond acceptors (Lipinski definition) is 3. The van der Waals surface area contributed by atoms with Crippen molar-refractivity contribution in [3.05, 3.63) is 29.8 Å². The van der Waals surface area contributed by atoms with Crippen LogP contribution in [-0.2, 0) is 0 Å². The number of carbonyl (C=O) groups excluding carboxylic acids is 1. The van der Waals surface area contributed by atoms with Gasteiger partial charge in [-0.05, 0) is 49.8 Å². The van der Waals surface area contributed by atoms with Crippen LogP contribution < -0.4 is 16.0 Å². The van der Waals surface area contributed by atoms with Crippen molar-refractivity contribution in [3.8, 4) is 6.07 Å². The van der Waals surface area contributed by atoms with Gasteiger partial charge < -0.3 is 21.1 Å². The molecular weight excluding hydrogens is 296 g/mol. The number of nitrogens with one attached hydrogen (secondary N) is 3. The smallest absolute Gasteiger partial charge is 0.404 e. The zero-order valence-corrected chi connectivity index (χ0v) is 12.7. The molecule has 0 atom stereocenters. The van der Waals surface area contributed by atoms with Gasteiger partial charge in [-0.1, -0.05) is 6.07 Å². The molecule has 1 saturated carbocycles. The second kappa shape index (κ2) is 8.03. The monoisotopic (exact) mass is 316 g/mol. The Morgan fingerprint density at radius 1 is 1.26 bits per heavy atom. The van der Waals surface area contributed by atoms with Crippen LogP contribution >= 0.6 is 0 Å². The van der Waals surface area contributed by atoms with Gasteiger partial charge in [0.1, 0.15) is 0 Å². The maximum atomic E-state index is 12.0. The average Bonchev–Trinajstić information content (AvgIpc) is 2.54. The van der Waals surface area contributed by atoms with Crippen molar-refractivity contribution in [2.24, 2.45) is 5.92 Å². The maximum absolute atomic E-state index is 12.0. The Labute approximate surface area is 134 Å². The summed E-state index contributed by atoms with van der Waals surface area (Å²) >= 11 is 0. The Bertz CT molecular complexity index is 604. The van der Waals surface area contributed by atoms with Gasteiger partial charge in [-0.3, -0.25) is 0 Å². The van der Waals surface area contributed by atoms with Crippen LogP contribution in [0.5, 0.6) is 0 Å². The van der Waals surface area contributed by atoms with E-state index in [0.29, 0.717) is 23.7 Å². The third-order valence-electron chi connectivity index (χ3n) is 3.97. The zero-order valence-electron chi connectivity index (χ0n) is 12.7. The number of carbonyl (C=O) groups is 2. The minimum absolute atomic E-state index is 0.0928. The molecule has 0 bridgehead atoms. The first-order valence-electron chi connectivity index (χ1n) is 7.61. The Hall–Kier alpha value is -2.75. The highest BCUT2D eigenvalue weighted by Crippen LogP contribution is 2.23. The van der Waals surface area contributed by atoms with Crippen LogP contribution in [0.25, 0.3) is 0 Å². The van der Waals surface area contributed by atoms with Gasteiger partial charge in [0.15, 0.2) is 0 Å². The first-order chi connectivity index (χ1) is 11.1. The molecule has 0 unspecified atom stereocenters. The minimum Gasteiger partial charge on any atom is -0.465 e. The molecule has 1 aliphatic rings. The van der Waals surface area contributed by atoms with Crippen molar-refractivity contribution in [1.82, 2.24) is 10.6 Å². The summed E-state index contributed by atoms with van der Waals surface area (Å²) in [6.07, 6.45) is 2.43. The van der Waals surface area contributed by atoms with Crippen molar-refractivity contribution in [1.29, 1.82) is 5.26 Å². The SMILES string of the molecule is N#Cc1cccc(NC(=O)N[C@H]2CC[C@@H](CNC(=O)O)CC2)c1. The molecule has 23 heavy (non-hydrogen) atoms. The van der Waals surface area contributed by atoms with Gasteiger partial charge in [0.25, 0.3) is 0 Å². The van der Waals surface area contributed by atoms with E-state index in [4.69, 9.17) is 10.4 Å². The predicted octanol–water partition coefficient (Wildman–Crippen LogP) is 2.51. The lowest BCUT2D eigenvalue weighted by Crippen LogP contribution is -2.41. The van der Waals surface area contributed by atoms with E-state index in [1.807, 2.05) is 6.07 Å². The van der Waals surface area contributed by atoms with Gasteiger partial charge in [-0.2, -0.15) is 5.26 Å². The molecule has 0 spiro atoms. The third-order valence-corrected chi connectivity index (χ3v) is 3.97. The number of nitrogens with zero attached hydrogens (tertiary/aromatic N) is 1. The lowest BCUT2D eigenvalue weighted by atomic mass is 9.86. The number of urea groups is 1. The topological polar surface area (TPSA) is 114 Å². The fourth-order valence-corrected chi connectivity index (χ4v) is 2.76. The maximum Gasteiger partial charge on any atom is 0.404 e. The summed E-state index contributed by atoms with van der Waals surface area (Å²) in [6.45, 7) is 0.467. The lowest BCUT2D eigenvalue weighted by molar-refractivity contribution is 0.189. The van der Waals surface area contributed by atoms with Gasteiger partial charge in [0.2, 0.25) is 0 Å². The van der Waals surface area contributed by atoms with Crippen LogP contribution in [0.2, 0.25) is 0 Å². The van der Waals surface area contributed by atoms with E-state index in [0.717, 1.165) is 25.7 Å². The third kappa shape index (κ3) is 5.51. The van der Waals surface area contributed by atoms with E-state index < -0.39 is 6.09 Å². The molecule has 0 radical (unpaired) electrons. The van der Waals surface area contributed by atoms with E-state index in [2.05, 4.69) is 16.0 Å². The van der Waals surface area contributed by atoms with Crippen molar-refractivity contribution in [3.63, 3.8) is 0 Å². The quantitative estimate of drug-likeness (QED) is 0.683. The van der Waals surface area contributed by atoms with Crippen LogP contribution in [0.3, 0.4) is 0 Å². The molecule has 7 nitrogen and oxygen atoms in total. The highest BCUT2D eigenvalue weighted by Gasteiger charge is 2.22. The fraction of sp³-hybridized carbons (Fsp3) is 0.438. The van der Waals surface area contributed by atoms with Gasteiger partial charge >= 0.3 is 12.1 Å². The summed E-state index contributed by atoms with van der Waals surface area (Å²) in [4.78, 5) is 22.5. The standard InChI is InChI=1S/C16H20N4O3/c17-9-12-2-1-3-14(8-12)20-15(21)19-13-6-4-11(5-7-13)10-18-16(22)23/h1-3,8,11,13,18H,4-7,10H2,(H,22,23)(H2,19,20,21)/t11-,13+. The van der Waals surface area contributed by atoms with Crippen LogP contribution in [0, 0.1) is 17.2 Å². The van der Waals surface area contributed by atoms with E-state index in [9.17, 15) is 9.59 Å². The summed E-state index contributed by atoms with van der Waals surface area (Å²) in [5.74, 6) is 0.333. The van der Waals surface area contributed by atoms with Crippen molar-refractivity contribution >= 4 is 17.8 Å². The molecule has 1 fully saturated rings.